The quantitative estimate of drug-likeness (QED) is 0.283. The van der Waals surface area contributed by atoms with Crippen LogP contribution in [0.5, 0.6) is 0 Å². The van der Waals surface area contributed by atoms with E-state index in [1.807, 2.05) is 0 Å². The van der Waals surface area contributed by atoms with Gasteiger partial charge in [-0.25, -0.2) is 5.43 Å². The van der Waals surface area contributed by atoms with Crippen molar-refractivity contribution in [3.05, 3.63) is 52.3 Å². The summed E-state index contributed by atoms with van der Waals surface area (Å²) in [6.45, 7) is 0. The number of hydrogen-bond acceptors (Lipinski definition) is 10. The summed E-state index contributed by atoms with van der Waals surface area (Å²) in [5.74, 6) is -0.761. The van der Waals surface area contributed by atoms with E-state index in [2.05, 4.69) is 25.7 Å². The van der Waals surface area contributed by atoms with E-state index in [1.54, 1.807) is 24.5 Å². The highest BCUT2D eigenvalue weighted by atomic mass is 32.2. The Balaban J connectivity index is 1.50. The van der Waals surface area contributed by atoms with Crippen LogP contribution in [0, 0.1) is 10.1 Å². The molecule has 0 atom stereocenters. The molecule has 0 aliphatic rings. The topological polar surface area (TPSA) is 150 Å². The second kappa shape index (κ2) is 8.02. The SMILES string of the molecule is O=C(CSc1nnc(-c2ccc([N+](=O)[O-])o2)o1)N/N=C/c1cccnc1. The molecular formula is C14H10N6O5S. The highest BCUT2D eigenvalue weighted by Crippen LogP contribution is 2.27. The number of rotatable bonds is 7. The van der Waals surface area contributed by atoms with Crippen LogP contribution in [0.25, 0.3) is 11.7 Å². The number of thioether (sulfide) groups is 1. The average molecular weight is 374 g/mol. The van der Waals surface area contributed by atoms with E-state index in [1.165, 1.54) is 18.3 Å². The summed E-state index contributed by atoms with van der Waals surface area (Å²) in [7, 11) is 0. The Morgan fingerprint density at radius 1 is 1.35 bits per heavy atom. The standard InChI is InChI=1S/C14H10N6O5S/c21-11(17-16-7-9-2-1-5-15-6-9)8-26-14-19-18-13(25-14)10-3-4-12(24-10)20(22)23/h1-7H,8H2,(H,17,21)/b16-7+. The summed E-state index contributed by atoms with van der Waals surface area (Å²) in [6.07, 6.45) is 4.69. The van der Waals surface area contributed by atoms with Crippen LogP contribution in [0.2, 0.25) is 0 Å². The van der Waals surface area contributed by atoms with Crippen LogP contribution in [-0.2, 0) is 4.79 Å². The molecule has 0 aromatic carbocycles. The van der Waals surface area contributed by atoms with Crippen molar-refractivity contribution in [2.24, 2.45) is 5.10 Å². The highest BCUT2D eigenvalue weighted by Gasteiger charge is 2.18. The largest absolute Gasteiger partial charge is 0.433 e. The molecule has 0 spiro atoms. The van der Waals surface area contributed by atoms with Gasteiger partial charge in [0.2, 0.25) is 0 Å². The Labute approximate surface area is 149 Å². The Morgan fingerprint density at radius 2 is 2.23 bits per heavy atom. The average Bonchev–Trinajstić information content (AvgIpc) is 3.30. The molecule has 12 heteroatoms. The summed E-state index contributed by atoms with van der Waals surface area (Å²) in [5, 5.41) is 22.0. The minimum absolute atomic E-state index is 0.00961. The van der Waals surface area contributed by atoms with Gasteiger partial charge in [0.05, 0.1) is 18.0 Å². The third kappa shape index (κ3) is 4.51. The van der Waals surface area contributed by atoms with Crippen molar-refractivity contribution >= 4 is 29.8 Å². The highest BCUT2D eigenvalue weighted by molar-refractivity contribution is 7.99. The molecule has 3 heterocycles. The fourth-order valence-electron chi connectivity index (χ4n) is 1.70. The number of nitrogens with one attached hydrogen (secondary N) is 1. The number of amides is 1. The minimum atomic E-state index is -0.675. The Kier molecular flexibility index (Phi) is 5.34. The lowest BCUT2D eigenvalue weighted by molar-refractivity contribution is -0.401. The van der Waals surface area contributed by atoms with Crippen molar-refractivity contribution in [3.8, 4) is 11.7 Å². The molecule has 3 aromatic heterocycles. The van der Waals surface area contributed by atoms with Crippen LogP contribution in [-0.4, -0.2) is 38.0 Å². The molecule has 11 nitrogen and oxygen atoms in total. The molecule has 3 rings (SSSR count). The molecule has 0 aliphatic heterocycles. The van der Waals surface area contributed by atoms with Crippen LogP contribution in [0.15, 0.2) is 55.8 Å². The van der Waals surface area contributed by atoms with Crippen molar-refractivity contribution in [1.82, 2.24) is 20.6 Å². The van der Waals surface area contributed by atoms with Crippen molar-refractivity contribution in [2.75, 3.05) is 5.75 Å². The molecule has 0 saturated carbocycles. The Hall–Kier alpha value is -3.54. The predicted octanol–water partition coefficient (Wildman–Crippen LogP) is 1.88. The van der Waals surface area contributed by atoms with Gasteiger partial charge in [-0.1, -0.05) is 17.8 Å². The lowest BCUT2D eigenvalue weighted by atomic mass is 10.3. The summed E-state index contributed by atoms with van der Waals surface area (Å²) < 4.78 is 10.2. The summed E-state index contributed by atoms with van der Waals surface area (Å²) >= 11 is 0.989. The predicted molar refractivity (Wildman–Crippen MR) is 89.4 cm³/mol. The smallest absolute Gasteiger partial charge is 0.408 e. The molecule has 0 bridgehead atoms. The van der Waals surface area contributed by atoms with Gasteiger partial charge in [-0.2, -0.15) is 5.10 Å². The number of carbonyl (C=O) groups is 1. The van der Waals surface area contributed by atoms with Crippen LogP contribution < -0.4 is 5.43 Å². The maximum Gasteiger partial charge on any atom is 0.433 e. The first-order chi connectivity index (χ1) is 12.6. The molecule has 0 fully saturated rings. The van der Waals surface area contributed by atoms with Crippen molar-refractivity contribution in [2.45, 2.75) is 5.22 Å². The van der Waals surface area contributed by atoms with E-state index in [9.17, 15) is 14.9 Å². The number of pyridine rings is 1. The summed E-state index contributed by atoms with van der Waals surface area (Å²) in [5.41, 5.74) is 3.10. The summed E-state index contributed by atoms with van der Waals surface area (Å²) in [4.78, 5) is 25.5. The molecule has 132 valence electrons. The van der Waals surface area contributed by atoms with Gasteiger partial charge in [0.15, 0.2) is 5.76 Å². The number of carbonyl (C=O) groups excluding carboxylic acids is 1. The zero-order valence-corrected chi connectivity index (χ0v) is 13.8. The molecule has 0 saturated heterocycles. The van der Waals surface area contributed by atoms with Gasteiger partial charge in [0, 0.05) is 18.0 Å². The number of nitro groups is 1. The molecule has 3 aromatic rings. The number of hydrazone groups is 1. The van der Waals surface area contributed by atoms with Gasteiger partial charge in [-0.15, -0.1) is 10.2 Å². The van der Waals surface area contributed by atoms with E-state index in [4.69, 9.17) is 8.83 Å². The minimum Gasteiger partial charge on any atom is -0.408 e. The lowest BCUT2D eigenvalue weighted by Gasteiger charge is -1.96. The second-order valence-corrected chi connectivity index (χ2v) is 5.56. The molecule has 1 N–H and O–H groups in total. The van der Waals surface area contributed by atoms with E-state index in [-0.39, 0.29) is 28.5 Å². The van der Waals surface area contributed by atoms with E-state index in [0.29, 0.717) is 0 Å². The number of aromatic nitrogens is 3. The van der Waals surface area contributed by atoms with Crippen LogP contribution in [0.4, 0.5) is 5.88 Å². The number of nitrogens with zero attached hydrogens (tertiary/aromatic N) is 5. The molecular weight excluding hydrogens is 364 g/mol. The molecule has 0 aliphatic carbocycles. The maximum atomic E-state index is 11.7. The molecule has 1 amide bonds. The van der Waals surface area contributed by atoms with Crippen LogP contribution >= 0.6 is 11.8 Å². The molecule has 0 unspecified atom stereocenters. The zero-order chi connectivity index (χ0) is 18.4. The first-order valence-corrected chi connectivity index (χ1v) is 8.03. The lowest BCUT2D eigenvalue weighted by Crippen LogP contribution is -2.19. The Morgan fingerprint density at radius 3 is 2.96 bits per heavy atom. The van der Waals surface area contributed by atoms with E-state index in [0.717, 1.165) is 17.3 Å². The Bertz CT molecular complexity index is 938. The van der Waals surface area contributed by atoms with Gasteiger partial charge in [-0.3, -0.25) is 19.9 Å². The number of furan rings is 1. The second-order valence-electron chi connectivity index (χ2n) is 4.64. The summed E-state index contributed by atoms with van der Waals surface area (Å²) in [6, 6.07) is 6.07. The normalized spacial score (nSPS) is 10.9. The maximum absolute atomic E-state index is 11.7. The first kappa shape index (κ1) is 17.3. The van der Waals surface area contributed by atoms with Gasteiger partial charge >= 0.3 is 5.88 Å². The first-order valence-electron chi connectivity index (χ1n) is 7.04. The van der Waals surface area contributed by atoms with E-state index < -0.39 is 10.8 Å². The van der Waals surface area contributed by atoms with E-state index >= 15 is 0 Å². The number of hydrogen-bond donors (Lipinski definition) is 1. The fraction of sp³-hybridized carbons (Fsp3) is 0.0714. The van der Waals surface area contributed by atoms with Gasteiger partial charge in [0.25, 0.3) is 17.0 Å². The van der Waals surface area contributed by atoms with Gasteiger partial charge in [-0.05, 0) is 12.1 Å². The van der Waals surface area contributed by atoms with Gasteiger partial charge < -0.3 is 8.83 Å². The molecule has 0 radical (unpaired) electrons. The third-order valence-corrected chi connectivity index (χ3v) is 3.62. The van der Waals surface area contributed by atoms with Crippen molar-refractivity contribution < 1.29 is 18.6 Å². The van der Waals surface area contributed by atoms with Crippen LogP contribution in [0.3, 0.4) is 0 Å². The monoisotopic (exact) mass is 374 g/mol. The third-order valence-electron chi connectivity index (χ3n) is 2.80. The fourth-order valence-corrected chi connectivity index (χ4v) is 2.25. The molecule has 26 heavy (non-hydrogen) atoms. The van der Waals surface area contributed by atoms with Crippen molar-refractivity contribution in [3.63, 3.8) is 0 Å². The van der Waals surface area contributed by atoms with Crippen molar-refractivity contribution in [1.29, 1.82) is 0 Å². The van der Waals surface area contributed by atoms with Gasteiger partial charge in [0.1, 0.15) is 4.92 Å². The zero-order valence-electron chi connectivity index (χ0n) is 12.9. The van der Waals surface area contributed by atoms with Crippen LogP contribution in [0.1, 0.15) is 5.56 Å².